The quantitative estimate of drug-likeness (QED) is 0.816. The van der Waals surface area contributed by atoms with Gasteiger partial charge >= 0.3 is 0 Å². The lowest BCUT2D eigenvalue weighted by molar-refractivity contribution is 0.209. The summed E-state index contributed by atoms with van der Waals surface area (Å²) in [5.41, 5.74) is 4.88. The lowest BCUT2D eigenvalue weighted by Crippen LogP contribution is -2.24. The van der Waals surface area contributed by atoms with Crippen molar-refractivity contribution < 1.29 is 4.74 Å². The predicted molar refractivity (Wildman–Crippen MR) is 74.2 cm³/mol. The molecule has 2 nitrogen and oxygen atoms in total. The van der Waals surface area contributed by atoms with Crippen LogP contribution in [-0.4, -0.2) is 6.54 Å². The molecule has 0 saturated carbocycles. The SMILES string of the molecule is Cc1ccc2c(c1)NCC(c1ccccc1C)O2. The van der Waals surface area contributed by atoms with Crippen molar-refractivity contribution in [1.29, 1.82) is 0 Å². The van der Waals surface area contributed by atoms with Crippen molar-refractivity contribution in [2.45, 2.75) is 20.0 Å². The van der Waals surface area contributed by atoms with Crippen LogP contribution in [0.25, 0.3) is 0 Å². The summed E-state index contributed by atoms with van der Waals surface area (Å²) in [6.45, 7) is 5.04. The van der Waals surface area contributed by atoms with Crippen LogP contribution in [0.1, 0.15) is 22.8 Å². The van der Waals surface area contributed by atoms with E-state index in [0.29, 0.717) is 0 Å². The van der Waals surface area contributed by atoms with Crippen LogP contribution < -0.4 is 10.1 Å². The van der Waals surface area contributed by atoms with Crippen molar-refractivity contribution in [2.75, 3.05) is 11.9 Å². The fourth-order valence-electron chi connectivity index (χ4n) is 2.40. The number of anilines is 1. The van der Waals surface area contributed by atoms with Crippen LogP contribution in [0, 0.1) is 13.8 Å². The smallest absolute Gasteiger partial charge is 0.143 e. The van der Waals surface area contributed by atoms with Crippen LogP contribution in [0.5, 0.6) is 5.75 Å². The lowest BCUT2D eigenvalue weighted by atomic mass is 10.0. The molecule has 2 heteroatoms. The molecule has 1 aliphatic rings. The summed E-state index contributed by atoms with van der Waals surface area (Å²) in [5.74, 6) is 0.945. The van der Waals surface area contributed by atoms with Crippen LogP contribution in [0.4, 0.5) is 5.69 Å². The van der Waals surface area contributed by atoms with E-state index >= 15 is 0 Å². The van der Waals surface area contributed by atoms with Crippen molar-refractivity contribution in [2.24, 2.45) is 0 Å². The van der Waals surface area contributed by atoms with Gasteiger partial charge in [-0.15, -0.1) is 0 Å². The Balaban J connectivity index is 1.92. The molecule has 1 unspecified atom stereocenters. The molecular formula is C16H17NO. The Labute approximate surface area is 108 Å². The van der Waals surface area contributed by atoms with Gasteiger partial charge in [0.1, 0.15) is 11.9 Å². The molecule has 1 heterocycles. The second-order valence-corrected chi connectivity index (χ2v) is 4.84. The number of ether oxygens (including phenoxy) is 1. The molecule has 0 aliphatic carbocycles. The molecule has 2 aromatic carbocycles. The third-order valence-electron chi connectivity index (χ3n) is 3.42. The third-order valence-corrected chi connectivity index (χ3v) is 3.42. The van der Waals surface area contributed by atoms with E-state index in [2.05, 4.69) is 55.6 Å². The summed E-state index contributed by atoms with van der Waals surface area (Å²) >= 11 is 0. The minimum atomic E-state index is 0.0985. The largest absolute Gasteiger partial charge is 0.482 e. The van der Waals surface area contributed by atoms with E-state index in [9.17, 15) is 0 Å². The molecule has 0 amide bonds. The van der Waals surface area contributed by atoms with Crippen molar-refractivity contribution in [3.8, 4) is 5.75 Å². The minimum absolute atomic E-state index is 0.0985. The summed E-state index contributed by atoms with van der Waals surface area (Å²) in [6, 6.07) is 14.7. The topological polar surface area (TPSA) is 21.3 Å². The number of hydrogen-bond acceptors (Lipinski definition) is 2. The Kier molecular flexibility index (Phi) is 2.71. The van der Waals surface area contributed by atoms with Gasteiger partial charge in [-0.25, -0.2) is 0 Å². The number of fused-ring (bicyclic) bond motifs is 1. The van der Waals surface area contributed by atoms with Gasteiger partial charge < -0.3 is 10.1 Å². The minimum Gasteiger partial charge on any atom is -0.482 e. The highest BCUT2D eigenvalue weighted by molar-refractivity contribution is 5.60. The second-order valence-electron chi connectivity index (χ2n) is 4.84. The van der Waals surface area contributed by atoms with Gasteiger partial charge in [0, 0.05) is 0 Å². The first-order valence-electron chi connectivity index (χ1n) is 6.31. The molecule has 3 rings (SSSR count). The first kappa shape index (κ1) is 11.1. The average Bonchev–Trinajstić information content (AvgIpc) is 2.39. The molecule has 0 saturated heterocycles. The van der Waals surface area contributed by atoms with Crippen LogP contribution in [0.2, 0.25) is 0 Å². The molecule has 1 atom stereocenters. The zero-order valence-electron chi connectivity index (χ0n) is 10.7. The Hall–Kier alpha value is -1.96. The van der Waals surface area contributed by atoms with Crippen molar-refractivity contribution in [3.63, 3.8) is 0 Å². The van der Waals surface area contributed by atoms with Crippen molar-refractivity contribution >= 4 is 5.69 Å². The van der Waals surface area contributed by atoms with Crippen LogP contribution >= 0.6 is 0 Å². The maximum Gasteiger partial charge on any atom is 0.143 e. The summed E-state index contributed by atoms with van der Waals surface area (Å²) in [6.07, 6.45) is 0.0985. The molecule has 2 aromatic rings. The molecule has 0 radical (unpaired) electrons. The fourth-order valence-corrected chi connectivity index (χ4v) is 2.40. The molecule has 18 heavy (non-hydrogen) atoms. The summed E-state index contributed by atoms with van der Waals surface area (Å²) < 4.78 is 6.09. The number of rotatable bonds is 1. The van der Waals surface area contributed by atoms with Crippen LogP contribution in [0.3, 0.4) is 0 Å². The van der Waals surface area contributed by atoms with Gasteiger partial charge in [0.15, 0.2) is 0 Å². The second kappa shape index (κ2) is 4.37. The van der Waals surface area contributed by atoms with Crippen molar-refractivity contribution in [3.05, 3.63) is 59.2 Å². The van der Waals surface area contributed by atoms with Gasteiger partial charge in [-0.1, -0.05) is 30.3 Å². The van der Waals surface area contributed by atoms with Gasteiger partial charge in [0.25, 0.3) is 0 Å². The average molecular weight is 239 g/mol. The van der Waals surface area contributed by atoms with Gasteiger partial charge in [0.2, 0.25) is 0 Å². The van der Waals surface area contributed by atoms with Gasteiger partial charge in [-0.2, -0.15) is 0 Å². The summed E-state index contributed by atoms with van der Waals surface area (Å²) in [7, 11) is 0. The number of benzene rings is 2. The Morgan fingerprint density at radius 2 is 1.94 bits per heavy atom. The highest BCUT2D eigenvalue weighted by atomic mass is 16.5. The molecule has 1 N–H and O–H groups in total. The lowest BCUT2D eigenvalue weighted by Gasteiger charge is -2.28. The maximum absolute atomic E-state index is 6.09. The maximum atomic E-state index is 6.09. The Morgan fingerprint density at radius 1 is 1.11 bits per heavy atom. The van der Waals surface area contributed by atoms with Crippen LogP contribution in [-0.2, 0) is 0 Å². The summed E-state index contributed by atoms with van der Waals surface area (Å²) in [4.78, 5) is 0. The predicted octanol–water partition coefficient (Wildman–Crippen LogP) is 3.85. The van der Waals surface area contributed by atoms with E-state index in [1.165, 1.54) is 16.7 Å². The molecule has 1 aliphatic heterocycles. The number of hydrogen-bond donors (Lipinski definition) is 1. The molecule has 0 aromatic heterocycles. The third kappa shape index (κ3) is 1.94. The van der Waals surface area contributed by atoms with Crippen LogP contribution in [0.15, 0.2) is 42.5 Å². The molecule has 92 valence electrons. The monoisotopic (exact) mass is 239 g/mol. The Morgan fingerprint density at radius 3 is 2.78 bits per heavy atom. The molecule has 0 spiro atoms. The fraction of sp³-hybridized carbons (Fsp3) is 0.250. The first-order valence-corrected chi connectivity index (χ1v) is 6.31. The van der Waals surface area contributed by atoms with E-state index in [1.54, 1.807) is 0 Å². The van der Waals surface area contributed by atoms with E-state index in [0.717, 1.165) is 18.0 Å². The molecule has 0 fully saturated rings. The van der Waals surface area contributed by atoms with E-state index < -0.39 is 0 Å². The van der Waals surface area contributed by atoms with Gasteiger partial charge in [0.05, 0.1) is 12.2 Å². The van der Waals surface area contributed by atoms with E-state index in [-0.39, 0.29) is 6.10 Å². The summed E-state index contributed by atoms with van der Waals surface area (Å²) in [5, 5.41) is 3.45. The van der Waals surface area contributed by atoms with E-state index in [4.69, 9.17) is 4.74 Å². The Bertz CT molecular complexity index is 577. The highest BCUT2D eigenvalue weighted by Gasteiger charge is 2.21. The number of nitrogens with one attached hydrogen (secondary N) is 1. The highest BCUT2D eigenvalue weighted by Crippen LogP contribution is 2.35. The first-order chi connectivity index (χ1) is 8.74. The molecular weight excluding hydrogens is 222 g/mol. The zero-order valence-corrected chi connectivity index (χ0v) is 10.7. The number of aryl methyl sites for hydroxylation is 2. The standard InChI is InChI=1S/C16H17NO/c1-11-7-8-15-14(9-11)17-10-16(18-15)13-6-4-3-5-12(13)2/h3-9,16-17H,10H2,1-2H3. The van der Waals surface area contributed by atoms with E-state index in [1.807, 2.05) is 6.07 Å². The molecule has 0 bridgehead atoms. The normalized spacial score (nSPS) is 17.6. The zero-order chi connectivity index (χ0) is 12.5. The van der Waals surface area contributed by atoms with Gasteiger partial charge in [-0.3, -0.25) is 0 Å². The van der Waals surface area contributed by atoms with Gasteiger partial charge in [-0.05, 0) is 42.7 Å². The van der Waals surface area contributed by atoms with Crippen molar-refractivity contribution in [1.82, 2.24) is 0 Å².